The monoisotopic (exact) mass is 391 g/mol. The topological polar surface area (TPSA) is 63.3 Å². The second kappa shape index (κ2) is 7.54. The van der Waals surface area contributed by atoms with E-state index in [4.69, 9.17) is 14.4 Å². The maximum Gasteiger partial charge on any atom is 0.317 e. The summed E-state index contributed by atoms with van der Waals surface area (Å²) < 4.78 is 5.69. The lowest BCUT2D eigenvalue weighted by atomic mass is 9.90. The molecule has 2 aliphatic rings. The van der Waals surface area contributed by atoms with Gasteiger partial charge in [-0.3, -0.25) is 0 Å². The average molecular weight is 392 g/mol. The van der Waals surface area contributed by atoms with Crippen LogP contribution >= 0.6 is 0 Å². The lowest BCUT2D eigenvalue weighted by Gasteiger charge is -2.39. The van der Waals surface area contributed by atoms with Crippen molar-refractivity contribution in [2.45, 2.75) is 78.4 Å². The normalized spacial score (nSPS) is 21.1. The Morgan fingerprint density at radius 2 is 1.82 bits per heavy atom. The molecule has 2 fully saturated rings. The minimum absolute atomic E-state index is 0.0539. The molecule has 0 saturated carbocycles. The van der Waals surface area contributed by atoms with E-state index < -0.39 is 11.2 Å². The summed E-state index contributed by atoms with van der Waals surface area (Å²) in [7, 11) is 0. The number of rotatable bonds is 5. The van der Waals surface area contributed by atoms with Crippen LogP contribution < -0.4 is 10.5 Å². The Morgan fingerprint density at radius 1 is 1.21 bits per heavy atom. The second-order valence-corrected chi connectivity index (χ2v) is 8.94. The molecule has 7 nitrogen and oxygen atoms in total. The molecular weight excluding hydrogens is 358 g/mol. The first-order chi connectivity index (χ1) is 13.0. The highest BCUT2D eigenvalue weighted by Crippen LogP contribution is 2.40. The molecule has 1 aromatic rings. The Hall–Kier alpha value is -1.83. The number of nitrogens with zero attached hydrogens (tertiary/aromatic N) is 2. The summed E-state index contributed by atoms with van der Waals surface area (Å²) in [6, 6.07) is 5.90. The van der Waals surface area contributed by atoms with Gasteiger partial charge in [-0.25, -0.2) is 14.5 Å². The first-order valence-corrected chi connectivity index (χ1v) is 9.94. The number of anilines is 1. The Kier molecular flexibility index (Phi) is 5.62. The summed E-state index contributed by atoms with van der Waals surface area (Å²) in [5.41, 5.74) is 2.11. The summed E-state index contributed by atoms with van der Waals surface area (Å²) in [5, 5.41) is 4.48. The molecule has 0 spiro atoms. The van der Waals surface area contributed by atoms with Crippen molar-refractivity contribution in [1.82, 2.24) is 10.2 Å². The van der Waals surface area contributed by atoms with E-state index in [0.29, 0.717) is 19.6 Å². The molecule has 28 heavy (non-hydrogen) atoms. The number of nitrogens with one attached hydrogen (secondary N) is 1. The van der Waals surface area contributed by atoms with Crippen molar-refractivity contribution in [2.24, 2.45) is 0 Å². The van der Waals surface area contributed by atoms with E-state index in [1.165, 1.54) is 5.23 Å². The predicted octanol–water partition coefficient (Wildman–Crippen LogP) is 3.55. The van der Waals surface area contributed by atoms with Gasteiger partial charge < -0.3 is 15.0 Å². The van der Waals surface area contributed by atoms with E-state index in [2.05, 4.69) is 5.32 Å². The molecule has 2 heterocycles. The first kappa shape index (κ1) is 20.9. The van der Waals surface area contributed by atoms with Crippen LogP contribution in [0.1, 0.15) is 52.7 Å². The third-order valence-corrected chi connectivity index (χ3v) is 5.64. The Bertz CT molecular complexity index is 710. The number of aryl methyl sites for hydroxylation is 1. The van der Waals surface area contributed by atoms with Gasteiger partial charge in [0.05, 0.1) is 31.0 Å². The van der Waals surface area contributed by atoms with Gasteiger partial charge in [0.1, 0.15) is 11.2 Å². The van der Waals surface area contributed by atoms with Crippen molar-refractivity contribution in [3.05, 3.63) is 29.3 Å². The number of hydrogen-bond donors (Lipinski definition) is 1. The van der Waals surface area contributed by atoms with Crippen LogP contribution in [-0.4, -0.2) is 47.4 Å². The van der Waals surface area contributed by atoms with Crippen LogP contribution in [0.15, 0.2) is 18.2 Å². The molecule has 0 radical (unpaired) electrons. The first-order valence-electron chi connectivity index (χ1n) is 9.94. The van der Waals surface area contributed by atoms with Crippen molar-refractivity contribution in [1.29, 1.82) is 0 Å². The molecule has 0 unspecified atom stereocenters. The minimum atomic E-state index is -0.429. The molecular formula is C21H33N3O4. The van der Waals surface area contributed by atoms with Crippen molar-refractivity contribution in [3.63, 3.8) is 0 Å². The van der Waals surface area contributed by atoms with E-state index in [9.17, 15) is 4.79 Å². The van der Waals surface area contributed by atoms with Crippen LogP contribution in [0, 0.1) is 6.92 Å². The highest BCUT2D eigenvalue weighted by atomic mass is 17.0. The SMILES string of the molecule is Cc1cc(N2OC(C)(C)C(C)(C)O2)ccc1CNC(=O)N1CC(OC(C)C)C1. The lowest BCUT2D eigenvalue weighted by Crippen LogP contribution is -2.58. The second-order valence-electron chi connectivity index (χ2n) is 8.94. The molecule has 0 aliphatic carbocycles. The number of urea groups is 1. The van der Waals surface area contributed by atoms with Crippen molar-refractivity contribution >= 4 is 11.7 Å². The molecule has 7 heteroatoms. The molecule has 2 amide bonds. The quantitative estimate of drug-likeness (QED) is 0.832. The van der Waals surface area contributed by atoms with Crippen LogP contribution in [0.2, 0.25) is 0 Å². The minimum Gasteiger partial charge on any atom is -0.372 e. The fourth-order valence-corrected chi connectivity index (χ4v) is 3.11. The number of benzene rings is 1. The molecule has 1 N–H and O–H groups in total. The number of carbonyl (C=O) groups excluding carboxylic acids is 1. The van der Waals surface area contributed by atoms with Crippen molar-refractivity contribution < 1.29 is 19.2 Å². The van der Waals surface area contributed by atoms with Gasteiger partial charge in [-0.2, -0.15) is 0 Å². The summed E-state index contributed by atoms with van der Waals surface area (Å²) in [4.78, 5) is 26.0. The summed E-state index contributed by atoms with van der Waals surface area (Å²) in [6.07, 6.45) is 0.344. The van der Waals surface area contributed by atoms with Gasteiger partial charge in [-0.05, 0) is 71.7 Å². The van der Waals surface area contributed by atoms with Crippen molar-refractivity contribution in [2.75, 3.05) is 18.3 Å². The third-order valence-electron chi connectivity index (χ3n) is 5.64. The number of amides is 2. The summed E-state index contributed by atoms with van der Waals surface area (Å²) in [5.74, 6) is 0. The van der Waals surface area contributed by atoms with E-state index in [-0.39, 0.29) is 18.2 Å². The average Bonchev–Trinajstić information content (AvgIpc) is 2.76. The van der Waals surface area contributed by atoms with E-state index >= 15 is 0 Å². The smallest absolute Gasteiger partial charge is 0.317 e. The van der Waals surface area contributed by atoms with Gasteiger partial charge in [0.2, 0.25) is 0 Å². The lowest BCUT2D eigenvalue weighted by molar-refractivity contribution is -0.0641. The maximum absolute atomic E-state index is 12.3. The highest BCUT2D eigenvalue weighted by molar-refractivity contribution is 5.75. The Morgan fingerprint density at radius 3 is 2.36 bits per heavy atom. The fourth-order valence-electron chi connectivity index (χ4n) is 3.11. The number of carbonyl (C=O) groups is 1. The van der Waals surface area contributed by atoms with Crippen LogP contribution in [0.5, 0.6) is 0 Å². The molecule has 2 aliphatic heterocycles. The predicted molar refractivity (Wildman–Crippen MR) is 108 cm³/mol. The molecule has 0 bridgehead atoms. The van der Waals surface area contributed by atoms with Gasteiger partial charge in [-0.1, -0.05) is 6.07 Å². The number of ether oxygens (including phenoxy) is 1. The van der Waals surface area contributed by atoms with E-state index in [1.54, 1.807) is 4.90 Å². The zero-order valence-corrected chi connectivity index (χ0v) is 18.0. The van der Waals surface area contributed by atoms with Gasteiger partial charge in [0.15, 0.2) is 0 Å². The van der Waals surface area contributed by atoms with Crippen molar-refractivity contribution in [3.8, 4) is 0 Å². The summed E-state index contributed by atoms with van der Waals surface area (Å²) in [6.45, 7) is 15.9. The fraction of sp³-hybridized carbons (Fsp3) is 0.667. The van der Waals surface area contributed by atoms with Gasteiger partial charge in [0.25, 0.3) is 0 Å². The maximum atomic E-state index is 12.3. The molecule has 156 valence electrons. The molecule has 1 aromatic carbocycles. The van der Waals surface area contributed by atoms with Gasteiger partial charge in [0, 0.05) is 6.54 Å². The summed E-state index contributed by atoms with van der Waals surface area (Å²) >= 11 is 0. The molecule has 2 saturated heterocycles. The third kappa shape index (κ3) is 4.26. The largest absolute Gasteiger partial charge is 0.372 e. The molecule has 0 atom stereocenters. The van der Waals surface area contributed by atoms with E-state index in [0.717, 1.165) is 16.8 Å². The van der Waals surface area contributed by atoms with Crippen LogP contribution in [0.4, 0.5) is 10.5 Å². The zero-order chi connectivity index (χ0) is 20.7. The number of hydrogen-bond acceptors (Lipinski definition) is 5. The zero-order valence-electron chi connectivity index (χ0n) is 18.0. The van der Waals surface area contributed by atoms with Crippen LogP contribution in [-0.2, 0) is 21.0 Å². The Balaban J connectivity index is 1.54. The molecule has 0 aromatic heterocycles. The highest BCUT2D eigenvalue weighted by Gasteiger charge is 2.50. The van der Waals surface area contributed by atoms with Gasteiger partial charge >= 0.3 is 6.03 Å². The van der Waals surface area contributed by atoms with Gasteiger partial charge in [-0.15, -0.1) is 5.23 Å². The van der Waals surface area contributed by atoms with E-state index in [1.807, 2.05) is 66.7 Å². The van der Waals surface area contributed by atoms with Crippen LogP contribution in [0.3, 0.4) is 0 Å². The van der Waals surface area contributed by atoms with Crippen LogP contribution in [0.25, 0.3) is 0 Å². The number of likely N-dealkylation sites (tertiary alicyclic amines) is 1. The molecule has 3 rings (SSSR count). The standard InChI is InChI=1S/C21H33N3O4/c1-14(2)26-18-12-23(13-18)19(25)22-11-16-8-9-17(10-15(16)3)24-27-20(4,5)21(6,7)28-24/h8-10,14,18H,11-13H2,1-7H3,(H,22,25). The Labute approximate surface area is 167 Å².